The van der Waals surface area contributed by atoms with Gasteiger partial charge in [0.05, 0.1) is 17.1 Å². The molecule has 0 saturated carbocycles. The molecule has 2 saturated heterocycles. The second-order valence-electron chi connectivity index (χ2n) is 7.81. The van der Waals surface area contributed by atoms with Gasteiger partial charge in [-0.1, -0.05) is 12.1 Å². The summed E-state index contributed by atoms with van der Waals surface area (Å²) in [5, 5.41) is 0. The van der Waals surface area contributed by atoms with Crippen molar-refractivity contribution in [1.82, 2.24) is 14.5 Å². The van der Waals surface area contributed by atoms with E-state index < -0.39 is 15.8 Å². The molecule has 162 valence electrons. The minimum absolute atomic E-state index is 0.0548. The van der Waals surface area contributed by atoms with E-state index in [2.05, 4.69) is 14.5 Å². The Hall–Kier alpha value is -1.91. The van der Waals surface area contributed by atoms with Gasteiger partial charge in [0.2, 0.25) is 10.0 Å². The molecular weight excluding hydrogens is 412 g/mol. The molecule has 4 rings (SSSR count). The van der Waals surface area contributed by atoms with Gasteiger partial charge in [0, 0.05) is 45.8 Å². The lowest BCUT2D eigenvalue weighted by Crippen LogP contribution is -2.59. The molecular formula is C21H25F2N3O3S. The second-order valence-corrected chi connectivity index (χ2v) is 9.58. The van der Waals surface area contributed by atoms with Crippen LogP contribution in [0.25, 0.3) is 0 Å². The molecule has 9 heteroatoms. The zero-order chi connectivity index (χ0) is 21.1. The Morgan fingerprint density at radius 2 is 1.40 bits per heavy atom. The lowest BCUT2D eigenvalue weighted by atomic mass is 10.1. The maximum atomic E-state index is 13.1. The van der Waals surface area contributed by atoms with E-state index in [4.69, 9.17) is 4.74 Å². The highest BCUT2D eigenvalue weighted by Gasteiger charge is 2.34. The van der Waals surface area contributed by atoms with E-state index in [1.165, 1.54) is 24.3 Å². The van der Waals surface area contributed by atoms with Crippen LogP contribution in [0.4, 0.5) is 8.78 Å². The van der Waals surface area contributed by atoms with Crippen molar-refractivity contribution < 1.29 is 21.9 Å². The SMILES string of the molecule is O=S(=O)(NCCN1CC2CN(Cc3ccc(F)cc3)CC(C1)O2)c1ccc(F)cc1. The average Bonchev–Trinajstić information content (AvgIpc) is 2.69. The number of sulfonamides is 1. The van der Waals surface area contributed by atoms with Gasteiger partial charge in [-0.25, -0.2) is 21.9 Å². The fourth-order valence-corrected chi connectivity index (χ4v) is 5.08. The molecule has 6 nitrogen and oxygen atoms in total. The number of rotatable bonds is 7. The first-order valence-electron chi connectivity index (χ1n) is 9.97. The third kappa shape index (κ3) is 5.41. The summed E-state index contributed by atoms with van der Waals surface area (Å²) in [7, 11) is -3.65. The van der Waals surface area contributed by atoms with E-state index >= 15 is 0 Å². The van der Waals surface area contributed by atoms with Crippen molar-refractivity contribution in [3.05, 3.63) is 65.7 Å². The van der Waals surface area contributed by atoms with Crippen molar-refractivity contribution in [3.8, 4) is 0 Å². The number of nitrogens with zero attached hydrogens (tertiary/aromatic N) is 2. The van der Waals surface area contributed by atoms with Crippen LogP contribution in [0.2, 0.25) is 0 Å². The van der Waals surface area contributed by atoms with Gasteiger partial charge in [0.1, 0.15) is 11.6 Å². The van der Waals surface area contributed by atoms with E-state index in [1.807, 2.05) is 0 Å². The molecule has 0 spiro atoms. The molecule has 2 atom stereocenters. The Kier molecular flexibility index (Phi) is 6.45. The van der Waals surface area contributed by atoms with Gasteiger partial charge in [0.15, 0.2) is 0 Å². The van der Waals surface area contributed by atoms with Gasteiger partial charge in [-0.15, -0.1) is 0 Å². The summed E-state index contributed by atoms with van der Waals surface area (Å²) in [5.74, 6) is -0.703. The highest BCUT2D eigenvalue weighted by atomic mass is 32.2. The Labute approximate surface area is 175 Å². The molecule has 0 radical (unpaired) electrons. The molecule has 30 heavy (non-hydrogen) atoms. The maximum absolute atomic E-state index is 13.1. The summed E-state index contributed by atoms with van der Waals surface area (Å²) in [6.45, 7) is 4.64. The van der Waals surface area contributed by atoms with E-state index in [-0.39, 0.29) is 29.5 Å². The lowest BCUT2D eigenvalue weighted by Gasteiger charge is -2.46. The number of nitrogens with one attached hydrogen (secondary N) is 1. The first-order valence-corrected chi connectivity index (χ1v) is 11.5. The maximum Gasteiger partial charge on any atom is 0.240 e. The molecule has 2 fully saturated rings. The van der Waals surface area contributed by atoms with Crippen molar-refractivity contribution in [2.45, 2.75) is 23.6 Å². The van der Waals surface area contributed by atoms with Gasteiger partial charge in [-0.2, -0.15) is 0 Å². The zero-order valence-electron chi connectivity index (χ0n) is 16.5. The van der Waals surface area contributed by atoms with Crippen molar-refractivity contribution in [2.24, 2.45) is 0 Å². The van der Waals surface area contributed by atoms with Crippen LogP contribution in [0, 0.1) is 11.6 Å². The number of halogens is 2. The molecule has 2 unspecified atom stereocenters. The highest BCUT2D eigenvalue weighted by molar-refractivity contribution is 7.89. The molecule has 1 N–H and O–H groups in total. The number of hydrogen-bond donors (Lipinski definition) is 1. The predicted molar refractivity (Wildman–Crippen MR) is 108 cm³/mol. The monoisotopic (exact) mass is 437 g/mol. The highest BCUT2D eigenvalue weighted by Crippen LogP contribution is 2.21. The smallest absolute Gasteiger partial charge is 0.240 e. The third-order valence-electron chi connectivity index (χ3n) is 5.40. The summed E-state index contributed by atoms with van der Waals surface area (Å²) >= 11 is 0. The standard InChI is InChI=1S/C21H25F2N3O3S/c22-17-3-1-16(2-4-17)11-26-14-19-12-25(13-20(15-26)29-19)10-9-24-30(27,28)21-7-5-18(23)6-8-21/h1-8,19-20,24H,9-15H2. The Morgan fingerprint density at radius 3 is 2.00 bits per heavy atom. The van der Waals surface area contributed by atoms with Crippen LogP contribution in [-0.4, -0.2) is 69.7 Å². The van der Waals surface area contributed by atoms with E-state index in [0.29, 0.717) is 6.54 Å². The van der Waals surface area contributed by atoms with Crippen molar-refractivity contribution in [3.63, 3.8) is 0 Å². The van der Waals surface area contributed by atoms with Crippen molar-refractivity contribution in [1.29, 1.82) is 0 Å². The summed E-state index contributed by atoms with van der Waals surface area (Å²) < 4.78 is 59.3. The fraction of sp³-hybridized carbons (Fsp3) is 0.429. The number of fused-ring (bicyclic) bond motifs is 2. The van der Waals surface area contributed by atoms with Gasteiger partial charge >= 0.3 is 0 Å². The quantitative estimate of drug-likeness (QED) is 0.716. The van der Waals surface area contributed by atoms with Crippen LogP contribution < -0.4 is 4.72 Å². The first kappa shape index (κ1) is 21.3. The lowest BCUT2D eigenvalue weighted by molar-refractivity contribution is -0.139. The van der Waals surface area contributed by atoms with Crippen LogP contribution in [0.3, 0.4) is 0 Å². The Morgan fingerprint density at radius 1 is 0.867 bits per heavy atom. The Bertz CT molecular complexity index is 940. The molecule has 2 aliphatic rings. The van der Waals surface area contributed by atoms with E-state index in [9.17, 15) is 17.2 Å². The molecule has 0 aromatic heterocycles. The van der Waals surface area contributed by atoms with Gasteiger partial charge in [0.25, 0.3) is 0 Å². The largest absolute Gasteiger partial charge is 0.370 e. The summed E-state index contributed by atoms with van der Waals surface area (Å²) in [6, 6.07) is 11.3. The summed E-state index contributed by atoms with van der Waals surface area (Å²) in [5.41, 5.74) is 1.07. The first-order chi connectivity index (χ1) is 14.4. The van der Waals surface area contributed by atoms with Crippen LogP contribution >= 0.6 is 0 Å². The fourth-order valence-electron chi connectivity index (χ4n) is 4.06. The van der Waals surface area contributed by atoms with Crippen LogP contribution in [0.5, 0.6) is 0 Å². The topological polar surface area (TPSA) is 61.9 Å². The molecule has 2 aromatic rings. The van der Waals surface area contributed by atoms with Gasteiger partial charge in [-0.3, -0.25) is 9.80 Å². The number of morpholine rings is 2. The molecule has 2 aromatic carbocycles. The molecule has 2 heterocycles. The minimum atomic E-state index is -3.65. The third-order valence-corrected chi connectivity index (χ3v) is 6.87. The predicted octanol–water partition coefficient (Wildman–Crippen LogP) is 1.83. The van der Waals surface area contributed by atoms with Crippen molar-refractivity contribution >= 4 is 10.0 Å². The summed E-state index contributed by atoms with van der Waals surface area (Å²) in [4.78, 5) is 4.58. The molecule has 2 aliphatic heterocycles. The average molecular weight is 438 g/mol. The molecule has 0 amide bonds. The van der Waals surface area contributed by atoms with Crippen LogP contribution in [0.15, 0.2) is 53.4 Å². The van der Waals surface area contributed by atoms with E-state index in [0.717, 1.165) is 50.4 Å². The van der Waals surface area contributed by atoms with Crippen molar-refractivity contribution in [2.75, 3.05) is 39.3 Å². The molecule has 0 aliphatic carbocycles. The minimum Gasteiger partial charge on any atom is -0.370 e. The second kappa shape index (κ2) is 9.07. The number of hydrogen-bond acceptors (Lipinski definition) is 5. The normalized spacial score (nSPS) is 22.9. The van der Waals surface area contributed by atoms with Crippen LogP contribution in [-0.2, 0) is 21.3 Å². The number of benzene rings is 2. The summed E-state index contributed by atoms with van der Waals surface area (Å²) in [6.07, 6.45) is 0.123. The zero-order valence-corrected chi connectivity index (χ0v) is 17.3. The van der Waals surface area contributed by atoms with Crippen LogP contribution in [0.1, 0.15) is 5.56 Å². The number of ether oxygens (including phenoxy) is 1. The molecule has 2 bridgehead atoms. The van der Waals surface area contributed by atoms with Gasteiger partial charge < -0.3 is 4.74 Å². The Balaban J connectivity index is 1.25. The van der Waals surface area contributed by atoms with Gasteiger partial charge in [-0.05, 0) is 42.0 Å². The van der Waals surface area contributed by atoms with E-state index in [1.54, 1.807) is 12.1 Å².